The van der Waals surface area contributed by atoms with Crippen molar-refractivity contribution in [2.75, 3.05) is 13.1 Å². The number of likely N-dealkylation sites (tertiary alicyclic amines) is 1. The minimum Gasteiger partial charge on any atom is -0.392 e. The lowest BCUT2D eigenvalue weighted by molar-refractivity contribution is -0.131. The summed E-state index contributed by atoms with van der Waals surface area (Å²) in [4.78, 5) is 2.38. The molecule has 1 rings (SSSR count). The lowest BCUT2D eigenvalue weighted by Gasteiger charge is -2.62. The molecule has 1 aliphatic rings. The van der Waals surface area contributed by atoms with Crippen LogP contribution in [-0.4, -0.2) is 34.7 Å². The van der Waals surface area contributed by atoms with Gasteiger partial charge in [0.05, 0.1) is 6.10 Å². The Morgan fingerprint density at radius 2 is 1.85 bits per heavy atom. The Labute approximate surface area is 81.9 Å². The number of rotatable bonds is 3. The van der Waals surface area contributed by atoms with Crippen molar-refractivity contribution in [3.8, 4) is 0 Å². The lowest BCUT2D eigenvalue weighted by atomic mass is 9.65. The molecule has 1 atom stereocenters. The highest BCUT2D eigenvalue weighted by atomic mass is 16.3. The first-order valence-corrected chi connectivity index (χ1v) is 5.24. The first kappa shape index (κ1) is 11.0. The number of aliphatic hydroxyl groups excluding tert-OH is 1. The van der Waals surface area contributed by atoms with Crippen molar-refractivity contribution < 1.29 is 5.11 Å². The van der Waals surface area contributed by atoms with Crippen molar-refractivity contribution in [2.45, 2.75) is 52.7 Å². The van der Waals surface area contributed by atoms with Crippen LogP contribution >= 0.6 is 0 Å². The van der Waals surface area contributed by atoms with Gasteiger partial charge in [0.15, 0.2) is 0 Å². The van der Waals surface area contributed by atoms with E-state index < -0.39 is 0 Å². The highest BCUT2D eigenvalue weighted by molar-refractivity contribution is 5.06. The molecule has 0 spiro atoms. The van der Waals surface area contributed by atoms with Gasteiger partial charge in [0.25, 0.3) is 0 Å². The number of aliphatic hydroxyl groups is 1. The average molecular weight is 185 g/mol. The molecule has 0 bridgehead atoms. The van der Waals surface area contributed by atoms with Crippen LogP contribution in [0.5, 0.6) is 0 Å². The van der Waals surface area contributed by atoms with Gasteiger partial charge in [0.2, 0.25) is 0 Å². The molecule has 2 heteroatoms. The average Bonchev–Trinajstić information content (AvgIpc) is 2.03. The summed E-state index contributed by atoms with van der Waals surface area (Å²) in [5.41, 5.74) is 0.629. The van der Waals surface area contributed by atoms with Crippen LogP contribution in [0, 0.1) is 5.41 Å². The van der Waals surface area contributed by atoms with E-state index >= 15 is 0 Å². The monoisotopic (exact) mass is 185 g/mol. The van der Waals surface area contributed by atoms with Gasteiger partial charge in [-0.1, -0.05) is 20.8 Å². The normalized spacial score (nSPS) is 28.2. The third-order valence-corrected chi connectivity index (χ3v) is 3.94. The van der Waals surface area contributed by atoms with Gasteiger partial charge in [-0.05, 0) is 25.7 Å². The molecule has 1 aliphatic heterocycles. The third-order valence-electron chi connectivity index (χ3n) is 3.94. The maximum absolute atomic E-state index is 9.55. The fourth-order valence-corrected chi connectivity index (χ4v) is 1.88. The van der Waals surface area contributed by atoms with E-state index in [4.69, 9.17) is 0 Å². The standard InChI is InChI=1S/C11H23NO/c1-6-9(13)7-12-8-10(2,3)11(12,4)5/h9,13H,6-8H2,1-5H3/t9-/m0/s1. The van der Waals surface area contributed by atoms with Crippen molar-refractivity contribution in [1.82, 2.24) is 4.90 Å². The first-order chi connectivity index (χ1) is 5.81. The van der Waals surface area contributed by atoms with Gasteiger partial charge in [0, 0.05) is 18.6 Å². The van der Waals surface area contributed by atoms with E-state index in [9.17, 15) is 5.11 Å². The fourth-order valence-electron chi connectivity index (χ4n) is 1.88. The molecule has 13 heavy (non-hydrogen) atoms. The van der Waals surface area contributed by atoms with Gasteiger partial charge in [0.1, 0.15) is 0 Å². The van der Waals surface area contributed by atoms with Crippen LogP contribution in [0.1, 0.15) is 41.0 Å². The van der Waals surface area contributed by atoms with E-state index in [-0.39, 0.29) is 11.6 Å². The van der Waals surface area contributed by atoms with Gasteiger partial charge >= 0.3 is 0 Å². The molecule has 0 unspecified atom stereocenters. The largest absolute Gasteiger partial charge is 0.392 e. The second-order valence-corrected chi connectivity index (χ2v) is 5.39. The summed E-state index contributed by atoms with van der Waals surface area (Å²) in [5, 5.41) is 9.55. The Morgan fingerprint density at radius 1 is 1.31 bits per heavy atom. The van der Waals surface area contributed by atoms with Gasteiger partial charge in [-0.2, -0.15) is 0 Å². The Morgan fingerprint density at radius 3 is 2.15 bits per heavy atom. The molecule has 1 saturated heterocycles. The Kier molecular flexibility index (Phi) is 2.75. The molecule has 1 fully saturated rings. The number of hydrogen-bond donors (Lipinski definition) is 1. The SMILES string of the molecule is CC[C@H](O)CN1CC(C)(C)C1(C)C. The second kappa shape index (κ2) is 3.25. The summed E-state index contributed by atoms with van der Waals surface area (Å²) in [5.74, 6) is 0. The number of hydrogen-bond acceptors (Lipinski definition) is 2. The van der Waals surface area contributed by atoms with Gasteiger partial charge < -0.3 is 5.11 Å². The molecule has 0 saturated carbocycles. The van der Waals surface area contributed by atoms with E-state index in [2.05, 4.69) is 32.6 Å². The molecular weight excluding hydrogens is 162 g/mol. The zero-order chi connectivity index (χ0) is 10.3. The Hall–Kier alpha value is -0.0800. The molecule has 0 aromatic rings. The second-order valence-electron chi connectivity index (χ2n) is 5.39. The molecular formula is C11H23NO. The molecule has 0 amide bonds. The van der Waals surface area contributed by atoms with Crippen LogP contribution < -0.4 is 0 Å². The van der Waals surface area contributed by atoms with Crippen LogP contribution in [0.15, 0.2) is 0 Å². The predicted octanol–water partition coefficient (Wildman–Crippen LogP) is 1.88. The van der Waals surface area contributed by atoms with E-state index in [0.717, 1.165) is 19.5 Å². The van der Waals surface area contributed by atoms with Crippen molar-refractivity contribution in [2.24, 2.45) is 5.41 Å². The molecule has 0 radical (unpaired) electrons. The van der Waals surface area contributed by atoms with Crippen molar-refractivity contribution in [1.29, 1.82) is 0 Å². The zero-order valence-electron chi connectivity index (χ0n) is 9.59. The summed E-state index contributed by atoms with van der Waals surface area (Å²) in [6.45, 7) is 13.1. The van der Waals surface area contributed by atoms with Gasteiger partial charge in [-0.25, -0.2) is 0 Å². The topological polar surface area (TPSA) is 23.5 Å². The maximum Gasteiger partial charge on any atom is 0.0664 e. The smallest absolute Gasteiger partial charge is 0.0664 e. The minimum atomic E-state index is -0.157. The van der Waals surface area contributed by atoms with Crippen LogP contribution in [0.3, 0.4) is 0 Å². The van der Waals surface area contributed by atoms with Crippen LogP contribution in [0.2, 0.25) is 0 Å². The van der Waals surface area contributed by atoms with E-state index in [1.807, 2.05) is 6.92 Å². The Balaban J connectivity index is 2.49. The molecule has 1 heterocycles. The molecule has 0 aromatic heterocycles. The summed E-state index contributed by atoms with van der Waals surface area (Å²) < 4.78 is 0. The van der Waals surface area contributed by atoms with Crippen LogP contribution in [-0.2, 0) is 0 Å². The number of β-amino-alcohol motifs (C(OH)–C–C–N with tert-alkyl or cyclic N) is 1. The maximum atomic E-state index is 9.55. The zero-order valence-corrected chi connectivity index (χ0v) is 9.59. The van der Waals surface area contributed by atoms with Crippen LogP contribution in [0.4, 0.5) is 0 Å². The molecule has 0 aromatic carbocycles. The third kappa shape index (κ3) is 1.75. The number of nitrogens with zero attached hydrogens (tertiary/aromatic N) is 1. The Bertz CT molecular complexity index is 187. The fraction of sp³-hybridized carbons (Fsp3) is 1.00. The lowest BCUT2D eigenvalue weighted by Crippen LogP contribution is -2.70. The van der Waals surface area contributed by atoms with Gasteiger partial charge in [-0.15, -0.1) is 0 Å². The van der Waals surface area contributed by atoms with E-state index in [0.29, 0.717) is 5.41 Å². The first-order valence-electron chi connectivity index (χ1n) is 5.24. The van der Waals surface area contributed by atoms with Crippen molar-refractivity contribution >= 4 is 0 Å². The summed E-state index contributed by atoms with van der Waals surface area (Å²) in [6, 6.07) is 0. The minimum absolute atomic E-state index is 0.157. The molecule has 1 N–H and O–H groups in total. The predicted molar refractivity (Wildman–Crippen MR) is 55.7 cm³/mol. The van der Waals surface area contributed by atoms with Gasteiger partial charge in [-0.3, -0.25) is 4.90 Å². The quantitative estimate of drug-likeness (QED) is 0.725. The van der Waals surface area contributed by atoms with Crippen molar-refractivity contribution in [3.05, 3.63) is 0 Å². The van der Waals surface area contributed by atoms with Crippen LogP contribution in [0.25, 0.3) is 0 Å². The van der Waals surface area contributed by atoms with E-state index in [1.54, 1.807) is 0 Å². The molecule has 78 valence electrons. The van der Waals surface area contributed by atoms with E-state index in [1.165, 1.54) is 0 Å². The summed E-state index contributed by atoms with van der Waals surface area (Å²) in [6.07, 6.45) is 0.697. The molecule has 0 aliphatic carbocycles. The van der Waals surface area contributed by atoms with Crippen molar-refractivity contribution in [3.63, 3.8) is 0 Å². The highest BCUT2D eigenvalue weighted by Crippen LogP contribution is 2.46. The highest BCUT2D eigenvalue weighted by Gasteiger charge is 2.52. The molecule has 2 nitrogen and oxygen atoms in total. The summed E-state index contributed by atoms with van der Waals surface area (Å²) >= 11 is 0. The summed E-state index contributed by atoms with van der Waals surface area (Å²) in [7, 11) is 0.